The molecule has 1 spiro atoms. The number of benzene rings is 1. The van der Waals surface area contributed by atoms with E-state index >= 15 is 0 Å². The van der Waals surface area contributed by atoms with Gasteiger partial charge in [-0.25, -0.2) is 0 Å². The number of rotatable bonds is 1. The molecule has 3 heteroatoms. The summed E-state index contributed by atoms with van der Waals surface area (Å²) in [5, 5.41) is 3.61. The van der Waals surface area contributed by atoms with Crippen LogP contribution in [0.1, 0.15) is 25.3 Å². The van der Waals surface area contributed by atoms with Crippen molar-refractivity contribution in [3.05, 3.63) is 52.7 Å². The summed E-state index contributed by atoms with van der Waals surface area (Å²) in [4.78, 5) is 14.6. The Balaban J connectivity index is 1.80. The molecular formula is C19H20N2O. The van der Waals surface area contributed by atoms with Crippen LogP contribution >= 0.6 is 0 Å². The van der Waals surface area contributed by atoms with Crippen LogP contribution in [0.2, 0.25) is 0 Å². The average Bonchev–Trinajstić information content (AvgIpc) is 3.08. The number of carbonyl (C=O) groups excluding carboxylic acids is 1. The molecule has 3 aliphatic heterocycles. The van der Waals surface area contributed by atoms with E-state index in [1.807, 2.05) is 0 Å². The van der Waals surface area contributed by atoms with E-state index in [4.69, 9.17) is 0 Å². The van der Waals surface area contributed by atoms with Crippen molar-refractivity contribution in [3.8, 4) is 0 Å². The first-order chi connectivity index (χ1) is 10.8. The fourth-order valence-corrected chi connectivity index (χ4v) is 5.38. The fraction of sp³-hybridized carbons (Fsp3) is 0.421. The van der Waals surface area contributed by atoms with E-state index in [9.17, 15) is 4.79 Å². The molecule has 22 heavy (non-hydrogen) atoms. The Bertz CT molecular complexity index is 748. The predicted molar refractivity (Wildman–Crippen MR) is 86.7 cm³/mol. The van der Waals surface area contributed by atoms with Gasteiger partial charge in [-0.1, -0.05) is 29.8 Å². The van der Waals surface area contributed by atoms with Crippen molar-refractivity contribution in [2.75, 3.05) is 18.4 Å². The van der Waals surface area contributed by atoms with Gasteiger partial charge in [0.05, 0.1) is 0 Å². The first kappa shape index (κ1) is 12.7. The van der Waals surface area contributed by atoms with Gasteiger partial charge in [0, 0.05) is 47.4 Å². The molecule has 0 radical (unpaired) electrons. The summed E-state index contributed by atoms with van der Waals surface area (Å²) in [7, 11) is 0. The van der Waals surface area contributed by atoms with E-state index < -0.39 is 0 Å². The third-order valence-corrected chi connectivity index (χ3v) is 6.32. The topological polar surface area (TPSA) is 32.3 Å². The molecule has 1 N–H and O–H groups in total. The summed E-state index contributed by atoms with van der Waals surface area (Å²) >= 11 is 0. The molecule has 2 fully saturated rings. The molecule has 4 aliphatic rings. The normalized spacial score (nSPS) is 37.0. The summed E-state index contributed by atoms with van der Waals surface area (Å²) in [5.41, 5.74) is 6.28. The molecule has 1 aromatic carbocycles. The van der Waals surface area contributed by atoms with Gasteiger partial charge in [-0.15, -0.1) is 0 Å². The molecule has 112 valence electrons. The first-order valence-electron chi connectivity index (χ1n) is 8.24. The Hall–Kier alpha value is -1.87. The van der Waals surface area contributed by atoms with Crippen LogP contribution in [-0.2, 0) is 10.2 Å². The van der Waals surface area contributed by atoms with Crippen LogP contribution in [0, 0.1) is 5.92 Å². The second-order valence-corrected chi connectivity index (χ2v) is 7.03. The molecule has 3 heterocycles. The number of allylic oxidation sites excluding steroid dienone is 2. The summed E-state index contributed by atoms with van der Waals surface area (Å²) < 4.78 is 0. The van der Waals surface area contributed by atoms with Gasteiger partial charge in [0.2, 0.25) is 0 Å². The van der Waals surface area contributed by atoms with Gasteiger partial charge in [0.1, 0.15) is 6.29 Å². The molecule has 5 rings (SSSR count). The van der Waals surface area contributed by atoms with Crippen LogP contribution in [-0.4, -0.2) is 30.3 Å². The highest BCUT2D eigenvalue weighted by Gasteiger charge is 2.58. The summed E-state index contributed by atoms with van der Waals surface area (Å²) in [6.07, 6.45) is 5.61. The maximum absolute atomic E-state index is 12.0. The van der Waals surface area contributed by atoms with Crippen LogP contribution in [0.4, 0.5) is 5.69 Å². The Labute approximate surface area is 130 Å². The molecular weight excluding hydrogens is 272 g/mol. The zero-order valence-corrected chi connectivity index (χ0v) is 12.8. The molecule has 2 bridgehead atoms. The summed E-state index contributed by atoms with van der Waals surface area (Å²) in [6, 6.07) is 9.10. The van der Waals surface area contributed by atoms with E-state index in [1.54, 1.807) is 0 Å². The Morgan fingerprint density at radius 1 is 1.36 bits per heavy atom. The third-order valence-electron chi connectivity index (χ3n) is 6.32. The van der Waals surface area contributed by atoms with Gasteiger partial charge in [0.25, 0.3) is 0 Å². The Kier molecular flexibility index (Phi) is 2.36. The number of aldehydes is 1. The Morgan fingerprint density at radius 2 is 2.23 bits per heavy atom. The number of anilines is 1. The number of piperidine rings is 1. The molecule has 3 unspecified atom stereocenters. The van der Waals surface area contributed by atoms with E-state index in [1.165, 1.54) is 22.5 Å². The minimum atomic E-state index is 0.0493. The Morgan fingerprint density at radius 3 is 3.05 bits per heavy atom. The van der Waals surface area contributed by atoms with Crippen molar-refractivity contribution in [1.29, 1.82) is 0 Å². The van der Waals surface area contributed by atoms with Crippen LogP contribution < -0.4 is 5.32 Å². The second-order valence-electron chi connectivity index (χ2n) is 7.03. The molecule has 1 aromatic rings. The van der Waals surface area contributed by atoms with E-state index in [0.717, 1.165) is 37.8 Å². The lowest BCUT2D eigenvalue weighted by atomic mass is 9.62. The largest absolute Gasteiger partial charge is 0.358 e. The smallest absolute Gasteiger partial charge is 0.148 e. The highest BCUT2D eigenvalue weighted by Crippen LogP contribution is 2.59. The van der Waals surface area contributed by atoms with Crippen molar-refractivity contribution in [2.24, 2.45) is 5.92 Å². The van der Waals surface area contributed by atoms with Crippen molar-refractivity contribution in [1.82, 2.24) is 4.90 Å². The first-order valence-corrected chi connectivity index (χ1v) is 8.24. The molecule has 1 aliphatic carbocycles. The number of hydrogen-bond donors (Lipinski definition) is 1. The van der Waals surface area contributed by atoms with Crippen molar-refractivity contribution in [3.63, 3.8) is 0 Å². The van der Waals surface area contributed by atoms with Gasteiger partial charge in [-0.3, -0.25) is 9.69 Å². The maximum atomic E-state index is 12.0. The number of fused-ring (bicyclic) bond motifs is 1. The van der Waals surface area contributed by atoms with Gasteiger partial charge in [-0.05, 0) is 31.4 Å². The quantitative estimate of drug-likeness (QED) is 0.638. The van der Waals surface area contributed by atoms with Crippen molar-refractivity contribution in [2.45, 2.75) is 31.2 Å². The van der Waals surface area contributed by atoms with Gasteiger partial charge in [0.15, 0.2) is 0 Å². The number of carbonyl (C=O) groups is 1. The number of nitrogens with one attached hydrogen (secondary N) is 1. The van der Waals surface area contributed by atoms with Gasteiger partial charge >= 0.3 is 0 Å². The number of nitrogens with zero attached hydrogens (tertiary/aromatic N) is 1. The molecule has 3 nitrogen and oxygen atoms in total. The van der Waals surface area contributed by atoms with E-state index in [-0.39, 0.29) is 5.41 Å². The highest BCUT2D eigenvalue weighted by molar-refractivity contribution is 5.84. The van der Waals surface area contributed by atoms with Crippen molar-refractivity contribution >= 4 is 12.0 Å². The lowest BCUT2D eigenvalue weighted by molar-refractivity contribution is -0.105. The summed E-state index contributed by atoms with van der Waals surface area (Å²) in [6.45, 7) is 4.28. The minimum absolute atomic E-state index is 0.0493. The second kappa shape index (κ2) is 4.11. The molecule has 0 saturated carbocycles. The number of hydrogen-bond acceptors (Lipinski definition) is 3. The van der Waals surface area contributed by atoms with Crippen LogP contribution in [0.3, 0.4) is 0 Å². The van der Waals surface area contributed by atoms with E-state index in [0.29, 0.717) is 12.0 Å². The van der Waals surface area contributed by atoms with Crippen LogP contribution in [0.15, 0.2) is 47.2 Å². The third kappa shape index (κ3) is 1.29. The van der Waals surface area contributed by atoms with Gasteiger partial charge in [-0.2, -0.15) is 0 Å². The van der Waals surface area contributed by atoms with Gasteiger partial charge < -0.3 is 5.32 Å². The lowest BCUT2D eigenvalue weighted by Gasteiger charge is -2.48. The molecule has 2 saturated heterocycles. The zero-order valence-electron chi connectivity index (χ0n) is 12.8. The molecule has 0 aromatic heterocycles. The lowest BCUT2D eigenvalue weighted by Crippen LogP contribution is -2.52. The highest BCUT2D eigenvalue weighted by atomic mass is 16.1. The average molecular weight is 292 g/mol. The number of para-hydroxylation sites is 1. The molecule has 3 atom stereocenters. The van der Waals surface area contributed by atoms with Crippen LogP contribution in [0.5, 0.6) is 0 Å². The molecule has 0 amide bonds. The fourth-order valence-electron chi connectivity index (χ4n) is 5.38. The summed E-state index contributed by atoms with van der Waals surface area (Å²) in [5.74, 6) is 0.299. The van der Waals surface area contributed by atoms with E-state index in [2.05, 4.69) is 47.5 Å². The maximum Gasteiger partial charge on any atom is 0.148 e. The van der Waals surface area contributed by atoms with Crippen LogP contribution in [0.25, 0.3) is 0 Å². The minimum Gasteiger partial charge on any atom is -0.358 e. The predicted octanol–water partition coefficient (Wildman–Crippen LogP) is 2.86. The zero-order chi connectivity index (χ0) is 14.9. The SMILES string of the molecule is CC=C1CN2CCC34CC2C1C(C=O)=C3Nc1ccccc14. The monoisotopic (exact) mass is 292 g/mol. The standard InChI is InChI=1S/C19H20N2O/c1-2-12-10-21-8-7-19-9-16(21)17(12)13(11-22)18(19)20-15-6-4-3-5-14(15)19/h2-6,11,16-17,20H,7-10H2,1H3. The van der Waals surface area contributed by atoms with Crippen molar-refractivity contribution < 1.29 is 4.79 Å².